The maximum atomic E-state index is 2.38. The van der Waals surface area contributed by atoms with Crippen molar-refractivity contribution in [3.05, 3.63) is 164 Å². The number of benzene rings is 6. The first-order valence-corrected chi connectivity index (χ1v) is 16.1. The average Bonchev–Trinajstić information content (AvgIpc) is 2.99. The molecule has 0 amide bonds. The Morgan fingerprint density at radius 1 is 0.243 bits per heavy atom. The monoisotopic (exact) mass is 652 g/mol. The van der Waals surface area contributed by atoms with Gasteiger partial charge in [0.15, 0.2) is 0 Å². The standard InChI is InChI=1S/3C12H9.Ir/c3*1-3-7-11(8-4-1)12-9-5-2-6-10-12;/h3*1-9H;. The molecule has 0 aromatic heterocycles. The van der Waals surface area contributed by atoms with E-state index in [1.807, 2.05) is 0 Å². The summed E-state index contributed by atoms with van der Waals surface area (Å²) in [5.41, 5.74) is 7.84. The summed E-state index contributed by atoms with van der Waals surface area (Å²) in [5, 5.41) is 0. The molecule has 0 fully saturated rings. The Bertz CT molecular complexity index is 1410. The molecule has 0 saturated carbocycles. The van der Waals surface area contributed by atoms with E-state index in [0.29, 0.717) is 0 Å². The van der Waals surface area contributed by atoms with E-state index in [0.717, 1.165) is 0 Å². The Kier molecular flexibility index (Phi) is 6.90. The minimum atomic E-state index is -2.33. The Morgan fingerprint density at radius 2 is 0.486 bits per heavy atom. The summed E-state index contributed by atoms with van der Waals surface area (Å²) >= 11 is -2.33. The van der Waals surface area contributed by atoms with E-state index in [-0.39, 0.29) is 0 Å². The van der Waals surface area contributed by atoms with E-state index in [4.69, 9.17) is 0 Å². The molecule has 6 aromatic rings. The summed E-state index contributed by atoms with van der Waals surface area (Å²) in [7, 11) is 0. The molecule has 0 nitrogen and oxygen atoms in total. The van der Waals surface area contributed by atoms with Gasteiger partial charge >= 0.3 is 226 Å². The predicted molar refractivity (Wildman–Crippen MR) is 155 cm³/mol. The normalized spacial score (nSPS) is 11.2. The zero-order valence-corrected chi connectivity index (χ0v) is 22.8. The Hall–Kier alpha value is -4.03. The zero-order chi connectivity index (χ0) is 24.9. The van der Waals surface area contributed by atoms with Crippen LogP contribution in [0.25, 0.3) is 33.4 Å². The second-order valence-electron chi connectivity index (χ2n) is 8.72. The van der Waals surface area contributed by atoms with Crippen LogP contribution < -0.4 is 12.2 Å². The summed E-state index contributed by atoms with van der Waals surface area (Å²) in [5.74, 6) is 0. The fourth-order valence-electron chi connectivity index (χ4n) is 4.62. The molecule has 0 radical (unpaired) electrons. The molecule has 0 aliphatic rings. The molecule has 0 saturated heterocycles. The van der Waals surface area contributed by atoms with Crippen molar-refractivity contribution in [1.82, 2.24) is 0 Å². The molecular weight excluding hydrogens is 625 g/mol. The molecule has 1 heteroatoms. The van der Waals surface area contributed by atoms with Crippen LogP contribution in [0.4, 0.5) is 0 Å². The minimum absolute atomic E-state index is 1.28. The Labute approximate surface area is 225 Å². The third kappa shape index (κ3) is 4.85. The fourth-order valence-corrected chi connectivity index (χ4v) is 12.2. The van der Waals surface area contributed by atoms with Gasteiger partial charge in [-0.15, -0.1) is 0 Å². The fraction of sp³-hybridized carbons (Fsp3) is 0. The van der Waals surface area contributed by atoms with Crippen LogP contribution in [0.15, 0.2) is 164 Å². The molecule has 37 heavy (non-hydrogen) atoms. The summed E-state index contributed by atoms with van der Waals surface area (Å²) in [6, 6.07) is 59.7. The van der Waals surface area contributed by atoms with Gasteiger partial charge in [0.2, 0.25) is 0 Å². The second kappa shape index (κ2) is 10.9. The van der Waals surface area contributed by atoms with Crippen molar-refractivity contribution in [2.24, 2.45) is 0 Å². The molecule has 6 rings (SSSR count). The molecule has 0 heterocycles. The van der Waals surface area contributed by atoms with E-state index in [1.165, 1.54) is 45.6 Å². The SMILES string of the molecule is c1ccc(-c2cccc[c]2[Ir]([c]2ccccc2-c2ccccc2)[c]2ccccc2-c2ccccc2)cc1. The van der Waals surface area contributed by atoms with E-state index >= 15 is 0 Å². The van der Waals surface area contributed by atoms with Crippen molar-refractivity contribution < 1.29 is 16.5 Å². The van der Waals surface area contributed by atoms with Gasteiger partial charge in [0.1, 0.15) is 0 Å². The van der Waals surface area contributed by atoms with Crippen LogP contribution in [-0.2, 0) is 16.5 Å². The topological polar surface area (TPSA) is 0 Å². The number of hydrogen-bond donors (Lipinski definition) is 0. The van der Waals surface area contributed by atoms with Crippen LogP contribution in [-0.4, -0.2) is 0 Å². The van der Waals surface area contributed by atoms with Crippen LogP contribution in [0.1, 0.15) is 0 Å². The van der Waals surface area contributed by atoms with Gasteiger partial charge in [-0.3, -0.25) is 0 Å². The number of rotatable bonds is 6. The van der Waals surface area contributed by atoms with Gasteiger partial charge in [-0.05, 0) is 0 Å². The molecule has 0 spiro atoms. The van der Waals surface area contributed by atoms with Crippen LogP contribution in [0.3, 0.4) is 0 Å². The van der Waals surface area contributed by atoms with Gasteiger partial charge in [-0.1, -0.05) is 0 Å². The van der Waals surface area contributed by atoms with E-state index in [9.17, 15) is 0 Å². The zero-order valence-electron chi connectivity index (χ0n) is 20.4. The van der Waals surface area contributed by atoms with Crippen LogP contribution in [0.2, 0.25) is 0 Å². The molecule has 0 atom stereocenters. The summed E-state index contributed by atoms with van der Waals surface area (Å²) < 4.78 is 4.42. The molecule has 6 aromatic carbocycles. The van der Waals surface area contributed by atoms with Crippen molar-refractivity contribution in [3.8, 4) is 33.4 Å². The molecular formula is C36H27Ir. The first-order chi connectivity index (χ1) is 18.4. The molecule has 180 valence electrons. The van der Waals surface area contributed by atoms with E-state index in [2.05, 4.69) is 164 Å². The Morgan fingerprint density at radius 3 is 0.784 bits per heavy atom. The predicted octanol–water partition coefficient (Wildman–Crippen LogP) is 7.58. The van der Waals surface area contributed by atoms with Gasteiger partial charge in [0.25, 0.3) is 0 Å². The molecule has 0 aliphatic heterocycles. The molecule has 0 unspecified atom stereocenters. The second-order valence-corrected chi connectivity index (χ2v) is 14.4. The van der Waals surface area contributed by atoms with Gasteiger partial charge in [-0.25, -0.2) is 0 Å². The first-order valence-electron chi connectivity index (χ1n) is 12.5. The van der Waals surface area contributed by atoms with Crippen molar-refractivity contribution >= 4 is 12.2 Å². The van der Waals surface area contributed by atoms with Crippen molar-refractivity contribution in [3.63, 3.8) is 0 Å². The van der Waals surface area contributed by atoms with Crippen molar-refractivity contribution in [2.75, 3.05) is 0 Å². The van der Waals surface area contributed by atoms with Crippen LogP contribution in [0, 0.1) is 0 Å². The maximum absolute atomic E-state index is 2.38. The van der Waals surface area contributed by atoms with E-state index < -0.39 is 16.5 Å². The van der Waals surface area contributed by atoms with Crippen LogP contribution >= 0.6 is 0 Å². The summed E-state index contributed by atoms with van der Waals surface area (Å²) in [4.78, 5) is 0. The van der Waals surface area contributed by atoms with E-state index in [1.54, 1.807) is 0 Å². The average molecular weight is 652 g/mol. The molecule has 0 bridgehead atoms. The third-order valence-electron chi connectivity index (χ3n) is 6.36. The van der Waals surface area contributed by atoms with Gasteiger partial charge in [-0.2, -0.15) is 0 Å². The molecule has 0 aliphatic carbocycles. The van der Waals surface area contributed by atoms with Gasteiger partial charge in [0, 0.05) is 0 Å². The van der Waals surface area contributed by atoms with Gasteiger partial charge < -0.3 is 0 Å². The Balaban J connectivity index is 1.66. The number of hydrogen-bond acceptors (Lipinski definition) is 0. The third-order valence-corrected chi connectivity index (χ3v) is 13.4. The summed E-state index contributed by atoms with van der Waals surface area (Å²) in [6.45, 7) is 0. The van der Waals surface area contributed by atoms with Crippen LogP contribution in [0.5, 0.6) is 0 Å². The van der Waals surface area contributed by atoms with Crippen molar-refractivity contribution in [2.45, 2.75) is 0 Å². The van der Waals surface area contributed by atoms with Gasteiger partial charge in [0.05, 0.1) is 0 Å². The quantitative estimate of drug-likeness (QED) is 0.174. The summed E-state index contributed by atoms with van der Waals surface area (Å²) in [6.07, 6.45) is 0. The van der Waals surface area contributed by atoms with Crippen molar-refractivity contribution in [1.29, 1.82) is 0 Å². The first kappa shape index (κ1) is 23.4. The molecule has 0 N–H and O–H groups in total.